The van der Waals surface area contributed by atoms with E-state index in [-0.39, 0.29) is 5.91 Å². The molecule has 152 valence electrons. The van der Waals surface area contributed by atoms with Gasteiger partial charge in [0.25, 0.3) is 5.91 Å². The number of likely N-dealkylation sites (N-methyl/N-ethyl adjacent to an activating group) is 1. The molecule has 5 heteroatoms. The Morgan fingerprint density at radius 3 is 2.34 bits per heavy atom. The lowest BCUT2D eigenvalue weighted by Gasteiger charge is -2.24. The Labute approximate surface area is 173 Å². The van der Waals surface area contributed by atoms with Crippen LogP contribution < -0.4 is 0 Å². The van der Waals surface area contributed by atoms with Crippen molar-refractivity contribution in [1.29, 1.82) is 0 Å². The van der Waals surface area contributed by atoms with Crippen molar-refractivity contribution in [2.45, 2.75) is 20.4 Å². The van der Waals surface area contributed by atoms with E-state index in [9.17, 15) is 4.79 Å². The fraction of sp³-hybridized carbons (Fsp3) is 0.333. The fourth-order valence-electron chi connectivity index (χ4n) is 3.25. The monoisotopic (exact) mass is 390 g/mol. The van der Waals surface area contributed by atoms with Gasteiger partial charge in [-0.2, -0.15) is 5.10 Å². The van der Waals surface area contributed by atoms with Crippen LogP contribution in [-0.2, 0) is 13.6 Å². The maximum absolute atomic E-state index is 13.4. The van der Waals surface area contributed by atoms with Gasteiger partial charge in [-0.25, -0.2) is 0 Å². The molecular formula is C24H30N4O. The SMILES string of the molecule is Cc1ccc(-c2cc(C(=O)N(CCN(C)C)Cc3ccccc3)n(C)n2)cc1C. The van der Waals surface area contributed by atoms with Crippen molar-refractivity contribution >= 4 is 5.91 Å². The topological polar surface area (TPSA) is 41.4 Å². The normalized spacial score (nSPS) is 11.1. The molecule has 1 aromatic heterocycles. The molecule has 0 aliphatic carbocycles. The zero-order chi connectivity index (χ0) is 21.0. The van der Waals surface area contributed by atoms with Gasteiger partial charge in [-0.1, -0.05) is 42.5 Å². The number of carbonyl (C=O) groups is 1. The fourth-order valence-corrected chi connectivity index (χ4v) is 3.25. The predicted molar refractivity (Wildman–Crippen MR) is 118 cm³/mol. The largest absolute Gasteiger partial charge is 0.332 e. The van der Waals surface area contributed by atoms with E-state index in [4.69, 9.17) is 0 Å². The number of benzene rings is 2. The third-order valence-electron chi connectivity index (χ3n) is 5.22. The van der Waals surface area contributed by atoms with E-state index in [1.54, 1.807) is 4.68 Å². The Balaban J connectivity index is 1.88. The highest BCUT2D eigenvalue weighted by atomic mass is 16.2. The number of nitrogens with zero attached hydrogens (tertiary/aromatic N) is 4. The van der Waals surface area contributed by atoms with E-state index in [0.717, 1.165) is 23.4 Å². The zero-order valence-electron chi connectivity index (χ0n) is 18.0. The van der Waals surface area contributed by atoms with E-state index in [0.29, 0.717) is 18.8 Å². The highest BCUT2D eigenvalue weighted by Crippen LogP contribution is 2.23. The lowest BCUT2D eigenvalue weighted by atomic mass is 10.0. The molecule has 3 aromatic rings. The van der Waals surface area contributed by atoms with E-state index in [1.807, 2.05) is 50.3 Å². The third kappa shape index (κ3) is 5.12. The number of aryl methyl sites for hydroxylation is 3. The smallest absolute Gasteiger partial charge is 0.272 e. The van der Waals surface area contributed by atoms with Crippen LogP contribution in [0.1, 0.15) is 27.2 Å². The van der Waals surface area contributed by atoms with Crippen LogP contribution in [0.5, 0.6) is 0 Å². The quantitative estimate of drug-likeness (QED) is 0.614. The van der Waals surface area contributed by atoms with Gasteiger partial charge in [-0.3, -0.25) is 9.48 Å². The van der Waals surface area contributed by atoms with Gasteiger partial charge < -0.3 is 9.80 Å². The number of carbonyl (C=O) groups excluding carboxylic acids is 1. The summed E-state index contributed by atoms with van der Waals surface area (Å²) in [5, 5.41) is 4.62. The first-order chi connectivity index (χ1) is 13.8. The van der Waals surface area contributed by atoms with Crippen LogP contribution in [0.4, 0.5) is 0 Å². The number of hydrogen-bond acceptors (Lipinski definition) is 3. The average Bonchev–Trinajstić information content (AvgIpc) is 3.09. The van der Waals surface area contributed by atoms with Crippen LogP contribution in [-0.4, -0.2) is 52.7 Å². The summed E-state index contributed by atoms with van der Waals surface area (Å²) >= 11 is 0. The number of amides is 1. The molecule has 0 aliphatic heterocycles. The zero-order valence-corrected chi connectivity index (χ0v) is 18.0. The Bertz CT molecular complexity index is 976. The molecule has 0 saturated heterocycles. The van der Waals surface area contributed by atoms with Gasteiger partial charge in [0.1, 0.15) is 5.69 Å². The highest BCUT2D eigenvalue weighted by molar-refractivity contribution is 5.93. The van der Waals surface area contributed by atoms with Crippen LogP contribution in [0, 0.1) is 13.8 Å². The van der Waals surface area contributed by atoms with Gasteiger partial charge in [0.15, 0.2) is 0 Å². The lowest BCUT2D eigenvalue weighted by molar-refractivity contribution is 0.0721. The molecule has 0 N–H and O–H groups in total. The predicted octanol–water partition coefficient (Wildman–Crippen LogP) is 3.91. The van der Waals surface area contributed by atoms with Crippen LogP contribution in [0.2, 0.25) is 0 Å². The molecule has 2 aromatic carbocycles. The Morgan fingerprint density at radius 1 is 0.966 bits per heavy atom. The molecule has 0 radical (unpaired) electrons. The van der Waals surface area contributed by atoms with Crippen LogP contribution in [0.25, 0.3) is 11.3 Å². The summed E-state index contributed by atoms with van der Waals surface area (Å²) in [6.45, 7) is 6.23. The molecule has 0 bridgehead atoms. The van der Waals surface area contributed by atoms with Crippen LogP contribution in [0.15, 0.2) is 54.6 Å². The van der Waals surface area contributed by atoms with Crippen molar-refractivity contribution in [1.82, 2.24) is 19.6 Å². The Kier molecular flexibility index (Phi) is 6.49. The molecule has 0 atom stereocenters. The molecule has 3 rings (SSSR count). The summed E-state index contributed by atoms with van der Waals surface area (Å²) in [5.41, 5.74) is 6.05. The maximum atomic E-state index is 13.4. The van der Waals surface area contributed by atoms with Crippen LogP contribution >= 0.6 is 0 Å². The first kappa shape index (κ1) is 20.8. The second-order valence-electron chi connectivity index (χ2n) is 7.85. The minimum absolute atomic E-state index is 0.000728. The van der Waals surface area contributed by atoms with Crippen LogP contribution in [0.3, 0.4) is 0 Å². The summed E-state index contributed by atoms with van der Waals surface area (Å²) < 4.78 is 1.69. The van der Waals surface area contributed by atoms with E-state index < -0.39 is 0 Å². The van der Waals surface area contributed by atoms with Gasteiger partial charge in [-0.15, -0.1) is 0 Å². The van der Waals surface area contributed by atoms with Gasteiger partial charge in [-0.05, 0) is 56.8 Å². The molecule has 1 amide bonds. The summed E-state index contributed by atoms with van der Waals surface area (Å²) in [7, 11) is 5.88. The van der Waals surface area contributed by atoms with Crippen molar-refractivity contribution in [3.05, 3.63) is 77.0 Å². The maximum Gasteiger partial charge on any atom is 0.272 e. The van der Waals surface area contributed by atoms with Crippen molar-refractivity contribution in [3.8, 4) is 11.3 Å². The van der Waals surface area contributed by atoms with Crippen molar-refractivity contribution < 1.29 is 4.79 Å². The van der Waals surface area contributed by atoms with Gasteiger partial charge in [0.05, 0.1) is 5.69 Å². The third-order valence-corrected chi connectivity index (χ3v) is 5.22. The molecule has 0 unspecified atom stereocenters. The number of rotatable bonds is 7. The first-order valence-corrected chi connectivity index (χ1v) is 9.94. The summed E-state index contributed by atoms with van der Waals surface area (Å²) in [6.07, 6.45) is 0. The van der Waals surface area contributed by atoms with Crippen molar-refractivity contribution in [3.63, 3.8) is 0 Å². The number of aromatic nitrogens is 2. The van der Waals surface area contributed by atoms with Crippen molar-refractivity contribution in [2.75, 3.05) is 27.2 Å². The number of hydrogen-bond donors (Lipinski definition) is 0. The van der Waals surface area contributed by atoms with Gasteiger partial charge in [0, 0.05) is 32.2 Å². The molecule has 0 saturated carbocycles. The minimum atomic E-state index is 0.000728. The molecule has 0 fully saturated rings. The minimum Gasteiger partial charge on any atom is -0.332 e. The standard InChI is InChI=1S/C24H30N4O/c1-18-11-12-21(15-19(18)2)22-16-23(27(5)25-22)24(29)28(14-13-26(3)4)17-20-9-7-6-8-10-20/h6-12,15-16H,13-14,17H2,1-5H3. The summed E-state index contributed by atoms with van der Waals surface area (Å²) in [5.74, 6) is 0.000728. The molecule has 1 heterocycles. The van der Waals surface area contributed by atoms with E-state index in [2.05, 4.69) is 54.2 Å². The van der Waals surface area contributed by atoms with Gasteiger partial charge >= 0.3 is 0 Å². The van der Waals surface area contributed by atoms with E-state index in [1.165, 1.54) is 11.1 Å². The molecular weight excluding hydrogens is 360 g/mol. The summed E-state index contributed by atoms with van der Waals surface area (Å²) in [6, 6.07) is 18.3. The van der Waals surface area contributed by atoms with E-state index >= 15 is 0 Å². The second-order valence-corrected chi connectivity index (χ2v) is 7.85. The second kappa shape index (κ2) is 9.05. The lowest BCUT2D eigenvalue weighted by Crippen LogP contribution is -2.37. The molecule has 0 aliphatic rings. The first-order valence-electron chi connectivity index (χ1n) is 9.94. The highest BCUT2D eigenvalue weighted by Gasteiger charge is 2.21. The Hall–Kier alpha value is -2.92. The van der Waals surface area contributed by atoms with Crippen molar-refractivity contribution in [2.24, 2.45) is 7.05 Å². The molecule has 29 heavy (non-hydrogen) atoms. The summed E-state index contributed by atoms with van der Waals surface area (Å²) in [4.78, 5) is 17.4. The Morgan fingerprint density at radius 2 is 1.69 bits per heavy atom. The average molecular weight is 391 g/mol. The van der Waals surface area contributed by atoms with Gasteiger partial charge in [0.2, 0.25) is 0 Å². The molecule has 5 nitrogen and oxygen atoms in total. The molecule has 0 spiro atoms.